The van der Waals surface area contributed by atoms with E-state index >= 15 is 0 Å². The van der Waals surface area contributed by atoms with Crippen LogP contribution in [-0.4, -0.2) is 71.2 Å². The maximum atomic E-state index is 13.1. The summed E-state index contributed by atoms with van der Waals surface area (Å²) in [6.07, 6.45) is 0.251. The summed E-state index contributed by atoms with van der Waals surface area (Å²) in [4.78, 5) is 15.9. The zero-order valence-corrected chi connectivity index (χ0v) is 18.2. The molecule has 162 valence electrons. The normalized spacial score (nSPS) is 18.3. The molecule has 0 unspecified atom stereocenters. The van der Waals surface area contributed by atoms with Crippen LogP contribution in [0.15, 0.2) is 40.6 Å². The number of rotatable bonds is 6. The van der Waals surface area contributed by atoms with Gasteiger partial charge in [0.2, 0.25) is 15.9 Å². The van der Waals surface area contributed by atoms with Crippen LogP contribution in [-0.2, 0) is 30.7 Å². The molecule has 10 heteroatoms. The number of nitrogens with zero attached hydrogens (tertiary/aromatic N) is 2. The van der Waals surface area contributed by atoms with Gasteiger partial charge in [0.25, 0.3) is 0 Å². The third-order valence-corrected chi connectivity index (χ3v) is 7.89. The quantitative estimate of drug-likeness (QED) is 0.721. The van der Waals surface area contributed by atoms with E-state index < -0.39 is 10.0 Å². The van der Waals surface area contributed by atoms with E-state index in [-0.39, 0.29) is 17.2 Å². The molecule has 2 aliphatic heterocycles. The van der Waals surface area contributed by atoms with Crippen LogP contribution in [0.4, 0.5) is 11.4 Å². The van der Waals surface area contributed by atoms with Gasteiger partial charge < -0.3 is 19.7 Å². The van der Waals surface area contributed by atoms with Crippen molar-refractivity contribution in [1.82, 2.24) is 4.31 Å². The lowest BCUT2D eigenvalue weighted by molar-refractivity contribution is -0.115. The van der Waals surface area contributed by atoms with Gasteiger partial charge in [-0.15, -0.1) is 11.3 Å². The molecule has 2 aromatic rings. The minimum Gasteiger partial charge on any atom is -0.379 e. The summed E-state index contributed by atoms with van der Waals surface area (Å²) in [6.45, 7) is 3.98. The zero-order valence-electron chi connectivity index (χ0n) is 16.6. The van der Waals surface area contributed by atoms with Gasteiger partial charge in [-0.25, -0.2) is 8.42 Å². The van der Waals surface area contributed by atoms with Crippen molar-refractivity contribution in [3.63, 3.8) is 0 Å². The van der Waals surface area contributed by atoms with E-state index in [4.69, 9.17) is 9.47 Å². The van der Waals surface area contributed by atoms with Crippen LogP contribution in [0.25, 0.3) is 0 Å². The van der Waals surface area contributed by atoms with Gasteiger partial charge in [-0.05, 0) is 29.6 Å². The zero-order chi connectivity index (χ0) is 21.0. The average Bonchev–Trinajstić information content (AvgIpc) is 3.28. The Kier molecular flexibility index (Phi) is 6.69. The predicted molar refractivity (Wildman–Crippen MR) is 116 cm³/mol. The van der Waals surface area contributed by atoms with Crippen molar-refractivity contribution in [3.05, 3.63) is 40.6 Å². The van der Waals surface area contributed by atoms with E-state index in [0.717, 1.165) is 10.6 Å². The first-order valence-corrected chi connectivity index (χ1v) is 12.2. The first kappa shape index (κ1) is 21.3. The number of carbonyl (C=O) groups is 1. The van der Waals surface area contributed by atoms with E-state index in [1.165, 1.54) is 15.6 Å². The highest BCUT2D eigenvalue weighted by Gasteiger charge is 2.28. The van der Waals surface area contributed by atoms with Crippen molar-refractivity contribution < 1.29 is 22.7 Å². The molecule has 2 saturated heterocycles. The fourth-order valence-corrected chi connectivity index (χ4v) is 5.70. The Labute approximate surface area is 180 Å². The lowest BCUT2D eigenvalue weighted by Gasteiger charge is -2.31. The number of thiophene rings is 1. The van der Waals surface area contributed by atoms with Crippen LogP contribution in [0.5, 0.6) is 0 Å². The van der Waals surface area contributed by atoms with Gasteiger partial charge in [0.05, 0.1) is 49.1 Å². The maximum absolute atomic E-state index is 13.1. The number of morpholine rings is 2. The average molecular weight is 452 g/mol. The van der Waals surface area contributed by atoms with Crippen molar-refractivity contribution in [3.8, 4) is 0 Å². The third-order valence-electron chi connectivity index (χ3n) is 5.12. The van der Waals surface area contributed by atoms with Gasteiger partial charge in [0.1, 0.15) is 0 Å². The summed E-state index contributed by atoms with van der Waals surface area (Å²) in [5.74, 6) is -0.173. The molecule has 4 rings (SSSR count). The highest BCUT2D eigenvalue weighted by atomic mass is 32.2. The van der Waals surface area contributed by atoms with E-state index in [9.17, 15) is 13.2 Å². The molecule has 1 N–H and O–H groups in total. The maximum Gasteiger partial charge on any atom is 0.243 e. The Hall–Kier alpha value is -1.98. The lowest BCUT2D eigenvalue weighted by atomic mass is 10.2. The van der Waals surface area contributed by atoms with Gasteiger partial charge in [-0.2, -0.15) is 4.31 Å². The smallest absolute Gasteiger partial charge is 0.243 e. The number of amides is 1. The minimum atomic E-state index is -3.66. The molecule has 1 aromatic heterocycles. The molecule has 30 heavy (non-hydrogen) atoms. The van der Waals surface area contributed by atoms with Gasteiger partial charge >= 0.3 is 0 Å². The molecule has 0 radical (unpaired) electrons. The Morgan fingerprint density at radius 2 is 1.73 bits per heavy atom. The minimum absolute atomic E-state index is 0.173. The molecule has 2 fully saturated rings. The van der Waals surface area contributed by atoms with Crippen molar-refractivity contribution in [2.24, 2.45) is 0 Å². The molecule has 0 atom stereocenters. The highest BCUT2D eigenvalue weighted by Crippen LogP contribution is 2.31. The number of carbonyl (C=O) groups excluding carboxylic acids is 1. The number of nitrogens with one attached hydrogen (secondary N) is 1. The van der Waals surface area contributed by atoms with Crippen LogP contribution < -0.4 is 10.2 Å². The molecular formula is C20H25N3O5S2. The van der Waals surface area contributed by atoms with Crippen molar-refractivity contribution in [2.45, 2.75) is 11.3 Å². The number of ether oxygens (including phenoxy) is 2. The van der Waals surface area contributed by atoms with Gasteiger partial charge in [0, 0.05) is 31.1 Å². The SMILES string of the molecule is O=C(Cc1cccs1)Nc1cc(S(=O)(=O)N2CCOCC2)ccc1N1CCOCC1. The Morgan fingerprint density at radius 1 is 1.03 bits per heavy atom. The second kappa shape index (κ2) is 9.44. The monoisotopic (exact) mass is 451 g/mol. The molecule has 1 amide bonds. The number of hydrogen-bond acceptors (Lipinski definition) is 7. The molecule has 2 aliphatic rings. The molecule has 8 nitrogen and oxygen atoms in total. The molecule has 0 spiro atoms. The fraction of sp³-hybridized carbons (Fsp3) is 0.450. The number of hydrogen-bond donors (Lipinski definition) is 1. The molecule has 1 aromatic carbocycles. The van der Waals surface area contributed by atoms with Gasteiger partial charge in [-0.1, -0.05) is 6.07 Å². The first-order valence-electron chi connectivity index (χ1n) is 9.91. The van der Waals surface area contributed by atoms with Crippen LogP contribution in [0.1, 0.15) is 4.88 Å². The second-order valence-corrected chi connectivity index (χ2v) is 10.1. The number of benzene rings is 1. The summed E-state index contributed by atoms with van der Waals surface area (Å²) in [6, 6.07) is 8.78. The van der Waals surface area contributed by atoms with Crippen molar-refractivity contribution >= 4 is 38.6 Å². The summed E-state index contributed by atoms with van der Waals surface area (Å²) < 4.78 is 38.3. The summed E-state index contributed by atoms with van der Waals surface area (Å²) in [5.41, 5.74) is 1.31. The summed E-state index contributed by atoms with van der Waals surface area (Å²) in [5, 5.41) is 4.87. The standard InChI is InChI=1S/C20H25N3O5S2/c24-20(14-16-2-1-13-29-16)21-18-15-17(30(25,26)23-7-11-28-12-8-23)3-4-19(18)22-5-9-27-10-6-22/h1-4,13,15H,5-12,14H2,(H,21,24). The van der Waals surface area contributed by atoms with Crippen LogP contribution in [0.3, 0.4) is 0 Å². The Bertz CT molecular complexity index is 966. The fourth-order valence-electron chi connectivity index (χ4n) is 3.56. The lowest BCUT2D eigenvalue weighted by Crippen LogP contribution is -2.40. The molecule has 3 heterocycles. The van der Waals surface area contributed by atoms with Crippen molar-refractivity contribution in [1.29, 1.82) is 0 Å². The summed E-state index contributed by atoms with van der Waals surface area (Å²) >= 11 is 1.52. The highest BCUT2D eigenvalue weighted by molar-refractivity contribution is 7.89. The van der Waals surface area contributed by atoms with Crippen LogP contribution in [0.2, 0.25) is 0 Å². The van der Waals surface area contributed by atoms with E-state index in [1.54, 1.807) is 18.2 Å². The van der Waals surface area contributed by atoms with E-state index in [2.05, 4.69) is 10.2 Å². The van der Waals surface area contributed by atoms with Crippen LogP contribution in [0, 0.1) is 0 Å². The molecular weight excluding hydrogens is 426 g/mol. The van der Waals surface area contributed by atoms with Gasteiger partial charge in [0.15, 0.2) is 0 Å². The third kappa shape index (κ3) is 4.84. The summed E-state index contributed by atoms with van der Waals surface area (Å²) in [7, 11) is -3.66. The van der Waals surface area contributed by atoms with Crippen molar-refractivity contribution in [2.75, 3.05) is 62.8 Å². The Balaban J connectivity index is 1.62. The molecule has 0 bridgehead atoms. The predicted octanol–water partition coefficient (Wildman–Crippen LogP) is 1.79. The molecule has 0 aliphatic carbocycles. The number of sulfonamides is 1. The number of anilines is 2. The van der Waals surface area contributed by atoms with Gasteiger partial charge in [-0.3, -0.25) is 4.79 Å². The second-order valence-electron chi connectivity index (χ2n) is 7.10. The van der Waals surface area contributed by atoms with E-state index in [1.807, 2.05) is 17.5 Å². The Morgan fingerprint density at radius 3 is 2.40 bits per heavy atom. The largest absolute Gasteiger partial charge is 0.379 e. The topological polar surface area (TPSA) is 88.2 Å². The molecule has 0 saturated carbocycles. The first-order chi connectivity index (χ1) is 14.5. The van der Waals surface area contributed by atoms with Crippen LogP contribution >= 0.6 is 11.3 Å². The van der Waals surface area contributed by atoms with E-state index in [0.29, 0.717) is 58.3 Å².